The van der Waals surface area contributed by atoms with Gasteiger partial charge in [-0.2, -0.15) is 0 Å². The number of halogens is 1. The Labute approximate surface area is 118 Å². The van der Waals surface area contributed by atoms with E-state index in [0.29, 0.717) is 22.9 Å². The highest BCUT2D eigenvalue weighted by atomic mass is 35.5. The van der Waals surface area contributed by atoms with E-state index >= 15 is 0 Å². The summed E-state index contributed by atoms with van der Waals surface area (Å²) in [6.45, 7) is 0. The van der Waals surface area contributed by atoms with Crippen LogP contribution in [0.1, 0.15) is 12.8 Å². The van der Waals surface area contributed by atoms with Crippen molar-refractivity contribution < 1.29 is 13.2 Å². The Kier molecular flexibility index (Phi) is 4.23. The zero-order chi connectivity index (χ0) is 14.0. The number of anilines is 2. The summed E-state index contributed by atoms with van der Waals surface area (Å²) in [6.07, 6.45) is 3.36. The first kappa shape index (κ1) is 14.4. The third kappa shape index (κ3) is 3.99. The standard InChI is InChI=1S/C12H17ClN2O3S/c1-18-10-5-9(6-10)14-8-3-4-12(11(13)7-8)15-19(2,16)17/h3-4,7,9-10,14-15H,5-6H2,1-2H3. The molecule has 106 valence electrons. The fraction of sp³-hybridized carbons (Fsp3) is 0.500. The summed E-state index contributed by atoms with van der Waals surface area (Å²) < 4.78 is 29.9. The van der Waals surface area contributed by atoms with Crippen LogP contribution in [0.15, 0.2) is 18.2 Å². The molecule has 0 saturated heterocycles. The molecule has 1 fully saturated rings. The third-order valence-corrected chi connectivity index (χ3v) is 3.97. The Morgan fingerprint density at radius 2 is 2.05 bits per heavy atom. The summed E-state index contributed by atoms with van der Waals surface area (Å²) in [6, 6.07) is 5.56. The Bertz CT molecular complexity index is 556. The summed E-state index contributed by atoms with van der Waals surface area (Å²) in [7, 11) is -1.60. The van der Waals surface area contributed by atoms with Crippen LogP contribution in [0.4, 0.5) is 11.4 Å². The molecule has 0 amide bonds. The fourth-order valence-electron chi connectivity index (χ4n) is 2.00. The lowest BCUT2D eigenvalue weighted by atomic mass is 9.89. The lowest BCUT2D eigenvalue weighted by Gasteiger charge is -2.35. The van der Waals surface area contributed by atoms with Crippen LogP contribution in [-0.4, -0.2) is 33.9 Å². The third-order valence-electron chi connectivity index (χ3n) is 3.06. The molecule has 0 bridgehead atoms. The lowest BCUT2D eigenvalue weighted by Crippen LogP contribution is -2.40. The van der Waals surface area contributed by atoms with Gasteiger partial charge in [0.05, 0.1) is 23.1 Å². The maximum Gasteiger partial charge on any atom is 0.229 e. The van der Waals surface area contributed by atoms with Crippen LogP contribution in [0.2, 0.25) is 5.02 Å². The van der Waals surface area contributed by atoms with Crippen LogP contribution in [0.3, 0.4) is 0 Å². The molecule has 1 saturated carbocycles. The normalized spacial score (nSPS) is 22.7. The second-order valence-corrected chi connectivity index (χ2v) is 6.89. The second-order valence-electron chi connectivity index (χ2n) is 4.74. The zero-order valence-corrected chi connectivity index (χ0v) is 12.4. The number of methoxy groups -OCH3 is 1. The molecular weight excluding hydrogens is 288 g/mol. The highest BCUT2D eigenvalue weighted by Gasteiger charge is 2.28. The smallest absolute Gasteiger partial charge is 0.229 e. The van der Waals surface area contributed by atoms with E-state index in [0.717, 1.165) is 24.8 Å². The number of sulfonamides is 1. The maximum atomic E-state index is 11.1. The highest BCUT2D eigenvalue weighted by Crippen LogP contribution is 2.30. The summed E-state index contributed by atoms with van der Waals surface area (Å²) >= 11 is 6.04. The van der Waals surface area contributed by atoms with Gasteiger partial charge in [-0.15, -0.1) is 0 Å². The number of hydrogen-bond acceptors (Lipinski definition) is 4. The molecule has 19 heavy (non-hydrogen) atoms. The quantitative estimate of drug-likeness (QED) is 0.876. The first-order chi connectivity index (χ1) is 8.87. The number of benzene rings is 1. The van der Waals surface area contributed by atoms with Crippen molar-refractivity contribution in [2.45, 2.75) is 25.0 Å². The number of ether oxygens (including phenoxy) is 1. The molecule has 1 aliphatic carbocycles. The van der Waals surface area contributed by atoms with Crippen molar-refractivity contribution >= 4 is 33.0 Å². The van der Waals surface area contributed by atoms with Gasteiger partial charge in [0.25, 0.3) is 0 Å². The van der Waals surface area contributed by atoms with Gasteiger partial charge in [-0.3, -0.25) is 4.72 Å². The molecule has 2 rings (SSSR count). The Hall–Kier alpha value is -0.980. The molecule has 1 aliphatic rings. The van der Waals surface area contributed by atoms with E-state index in [1.165, 1.54) is 0 Å². The van der Waals surface area contributed by atoms with Crippen molar-refractivity contribution in [3.63, 3.8) is 0 Å². The van der Waals surface area contributed by atoms with Crippen LogP contribution in [0.5, 0.6) is 0 Å². The number of nitrogens with one attached hydrogen (secondary N) is 2. The molecule has 0 atom stereocenters. The molecular formula is C12H17ClN2O3S. The van der Waals surface area contributed by atoms with Gasteiger partial charge in [0.1, 0.15) is 0 Å². The van der Waals surface area contributed by atoms with E-state index in [1.54, 1.807) is 25.3 Å². The van der Waals surface area contributed by atoms with Crippen molar-refractivity contribution in [3.8, 4) is 0 Å². The van der Waals surface area contributed by atoms with Gasteiger partial charge < -0.3 is 10.1 Å². The Morgan fingerprint density at radius 1 is 1.37 bits per heavy atom. The summed E-state index contributed by atoms with van der Waals surface area (Å²) in [5, 5.41) is 3.71. The minimum absolute atomic E-state index is 0.333. The van der Waals surface area contributed by atoms with Crippen LogP contribution in [0.25, 0.3) is 0 Å². The minimum atomic E-state index is -3.31. The van der Waals surface area contributed by atoms with Crippen LogP contribution in [0, 0.1) is 0 Å². The SMILES string of the molecule is COC1CC(Nc2ccc(NS(C)(=O)=O)c(Cl)c2)C1. The Balaban J connectivity index is 1.99. The zero-order valence-electron chi connectivity index (χ0n) is 10.8. The molecule has 1 aromatic carbocycles. The largest absolute Gasteiger partial charge is 0.382 e. The van der Waals surface area contributed by atoms with Gasteiger partial charge in [-0.25, -0.2) is 8.42 Å². The van der Waals surface area contributed by atoms with Crippen LogP contribution >= 0.6 is 11.6 Å². The molecule has 0 aromatic heterocycles. The minimum Gasteiger partial charge on any atom is -0.382 e. The van der Waals surface area contributed by atoms with Gasteiger partial charge in [-0.1, -0.05) is 11.6 Å². The topological polar surface area (TPSA) is 67.4 Å². The van der Waals surface area contributed by atoms with Gasteiger partial charge in [0.2, 0.25) is 10.0 Å². The predicted octanol–water partition coefficient (Wildman–Crippen LogP) is 2.30. The van der Waals surface area contributed by atoms with E-state index in [9.17, 15) is 8.42 Å². The monoisotopic (exact) mass is 304 g/mol. The average Bonchev–Trinajstić information content (AvgIpc) is 2.25. The lowest BCUT2D eigenvalue weighted by molar-refractivity contribution is 0.0329. The maximum absolute atomic E-state index is 11.1. The molecule has 0 heterocycles. The van der Waals surface area contributed by atoms with Crippen molar-refractivity contribution in [1.82, 2.24) is 0 Å². The van der Waals surface area contributed by atoms with E-state index in [2.05, 4.69) is 10.0 Å². The van der Waals surface area contributed by atoms with Gasteiger partial charge in [-0.05, 0) is 31.0 Å². The van der Waals surface area contributed by atoms with E-state index in [-0.39, 0.29) is 0 Å². The molecule has 5 nitrogen and oxygen atoms in total. The molecule has 2 N–H and O–H groups in total. The second kappa shape index (κ2) is 5.56. The van der Waals surface area contributed by atoms with Crippen LogP contribution in [-0.2, 0) is 14.8 Å². The molecule has 0 unspecified atom stereocenters. The van der Waals surface area contributed by atoms with E-state index in [4.69, 9.17) is 16.3 Å². The molecule has 0 aliphatic heterocycles. The van der Waals surface area contributed by atoms with Crippen molar-refractivity contribution in [1.29, 1.82) is 0 Å². The molecule has 0 spiro atoms. The highest BCUT2D eigenvalue weighted by molar-refractivity contribution is 7.92. The van der Waals surface area contributed by atoms with E-state index in [1.807, 2.05) is 0 Å². The van der Waals surface area contributed by atoms with Gasteiger partial charge >= 0.3 is 0 Å². The van der Waals surface area contributed by atoms with E-state index < -0.39 is 10.0 Å². The summed E-state index contributed by atoms with van der Waals surface area (Å²) in [5.74, 6) is 0. The van der Waals surface area contributed by atoms with Crippen LogP contribution < -0.4 is 10.0 Å². The first-order valence-electron chi connectivity index (χ1n) is 5.94. The van der Waals surface area contributed by atoms with Crippen molar-refractivity contribution in [3.05, 3.63) is 23.2 Å². The number of hydrogen-bond donors (Lipinski definition) is 2. The molecule has 1 aromatic rings. The van der Waals surface area contributed by atoms with Gasteiger partial charge in [0, 0.05) is 18.8 Å². The van der Waals surface area contributed by atoms with Crippen molar-refractivity contribution in [2.24, 2.45) is 0 Å². The predicted molar refractivity (Wildman–Crippen MR) is 77.4 cm³/mol. The fourth-order valence-corrected chi connectivity index (χ4v) is 2.86. The summed E-state index contributed by atoms with van der Waals surface area (Å²) in [5.41, 5.74) is 1.27. The van der Waals surface area contributed by atoms with Crippen molar-refractivity contribution in [2.75, 3.05) is 23.4 Å². The number of rotatable bonds is 5. The molecule has 7 heteroatoms. The summed E-state index contributed by atoms with van der Waals surface area (Å²) in [4.78, 5) is 0. The van der Waals surface area contributed by atoms with Gasteiger partial charge in [0.15, 0.2) is 0 Å². The Morgan fingerprint density at radius 3 is 2.58 bits per heavy atom. The first-order valence-corrected chi connectivity index (χ1v) is 8.21. The molecule has 0 radical (unpaired) electrons. The average molecular weight is 305 g/mol.